The van der Waals surface area contributed by atoms with E-state index in [9.17, 15) is 9.18 Å². The van der Waals surface area contributed by atoms with Crippen molar-refractivity contribution in [2.75, 3.05) is 25.5 Å². The number of benzene rings is 2. The number of likely N-dealkylation sites (tertiary alicyclic amines) is 1. The minimum Gasteiger partial charge on any atom is -0.486 e. The van der Waals surface area contributed by atoms with Crippen LogP contribution in [0.25, 0.3) is 22.0 Å². The standard InChI is InChI=1S/C26H25FN6O3/c1-16-3-8-20(32-31-16)13-28-25-22-11-18(17-4-6-19(27)7-5-17)12-23(24(22)29-15-30-25)36-21-9-10-33(14-21)26(34)35-2/h3-8,11-12,15,21H,9-10,13-14H2,1-2H3,(H,28,29,30). The van der Waals surface area contributed by atoms with Gasteiger partial charge in [-0.1, -0.05) is 12.1 Å². The fourth-order valence-corrected chi connectivity index (χ4v) is 4.17. The number of hydrogen-bond donors (Lipinski definition) is 1. The molecule has 2 aromatic carbocycles. The molecule has 1 saturated heterocycles. The molecule has 1 aliphatic rings. The van der Waals surface area contributed by atoms with Crippen molar-refractivity contribution >= 4 is 22.8 Å². The molecule has 1 N–H and O–H groups in total. The first-order valence-electron chi connectivity index (χ1n) is 11.6. The highest BCUT2D eigenvalue weighted by atomic mass is 19.1. The van der Waals surface area contributed by atoms with E-state index >= 15 is 0 Å². The predicted molar refractivity (Wildman–Crippen MR) is 132 cm³/mol. The number of aromatic nitrogens is 4. The van der Waals surface area contributed by atoms with E-state index in [4.69, 9.17) is 9.47 Å². The zero-order valence-corrected chi connectivity index (χ0v) is 19.9. The average molecular weight is 489 g/mol. The molecule has 184 valence electrons. The predicted octanol–water partition coefficient (Wildman–Crippen LogP) is 4.37. The van der Waals surface area contributed by atoms with Gasteiger partial charge < -0.3 is 19.7 Å². The topological polar surface area (TPSA) is 102 Å². The van der Waals surface area contributed by atoms with Crippen molar-refractivity contribution in [3.63, 3.8) is 0 Å². The maximum absolute atomic E-state index is 13.6. The van der Waals surface area contributed by atoms with Crippen molar-refractivity contribution < 1.29 is 18.7 Å². The van der Waals surface area contributed by atoms with Gasteiger partial charge in [-0.2, -0.15) is 10.2 Å². The summed E-state index contributed by atoms with van der Waals surface area (Å²) in [5.41, 5.74) is 3.89. The normalized spacial score (nSPS) is 15.2. The van der Waals surface area contributed by atoms with Crippen LogP contribution in [0.2, 0.25) is 0 Å². The SMILES string of the molecule is COC(=O)N1CCC(Oc2cc(-c3ccc(F)cc3)cc3c(NCc4ccc(C)nn4)ncnc23)C1. The molecule has 5 rings (SSSR count). The van der Waals surface area contributed by atoms with Crippen LogP contribution in [0.3, 0.4) is 0 Å². The molecule has 1 aliphatic heterocycles. The highest BCUT2D eigenvalue weighted by Crippen LogP contribution is 2.35. The highest BCUT2D eigenvalue weighted by Gasteiger charge is 2.29. The van der Waals surface area contributed by atoms with Crippen molar-refractivity contribution in [1.29, 1.82) is 0 Å². The Morgan fingerprint density at radius 2 is 1.94 bits per heavy atom. The number of ether oxygens (including phenoxy) is 2. The molecular formula is C26H25FN6O3. The van der Waals surface area contributed by atoms with E-state index in [0.717, 1.165) is 27.9 Å². The van der Waals surface area contributed by atoms with Gasteiger partial charge in [-0.25, -0.2) is 19.2 Å². The zero-order chi connectivity index (χ0) is 25.1. The molecule has 1 unspecified atom stereocenters. The van der Waals surface area contributed by atoms with Crippen molar-refractivity contribution in [1.82, 2.24) is 25.1 Å². The van der Waals surface area contributed by atoms with Crippen molar-refractivity contribution in [3.05, 3.63) is 72.1 Å². The van der Waals surface area contributed by atoms with Crippen molar-refractivity contribution in [2.24, 2.45) is 0 Å². The van der Waals surface area contributed by atoms with Crippen LogP contribution in [0.4, 0.5) is 15.0 Å². The summed E-state index contributed by atoms with van der Waals surface area (Å²) in [6.45, 7) is 3.27. The van der Waals surface area contributed by atoms with Crippen LogP contribution >= 0.6 is 0 Å². The van der Waals surface area contributed by atoms with Gasteiger partial charge in [0.2, 0.25) is 0 Å². The van der Waals surface area contributed by atoms with E-state index in [1.54, 1.807) is 17.0 Å². The van der Waals surface area contributed by atoms with E-state index in [-0.39, 0.29) is 18.0 Å². The maximum Gasteiger partial charge on any atom is 0.409 e. The molecule has 1 atom stereocenters. The van der Waals surface area contributed by atoms with Gasteiger partial charge in [0.25, 0.3) is 0 Å². The summed E-state index contributed by atoms with van der Waals surface area (Å²) in [5.74, 6) is 0.859. The number of hydrogen-bond acceptors (Lipinski definition) is 8. The molecule has 1 fully saturated rings. The van der Waals surface area contributed by atoms with Crippen LogP contribution < -0.4 is 10.1 Å². The Bertz CT molecular complexity index is 1380. The Balaban J connectivity index is 1.51. The van der Waals surface area contributed by atoms with Crippen LogP contribution in [0.1, 0.15) is 17.8 Å². The average Bonchev–Trinajstić information content (AvgIpc) is 3.37. The third-order valence-electron chi connectivity index (χ3n) is 6.04. The molecule has 4 aromatic rings. The lowest BCUT2D eigenvalue weighted by molar-refractivity contribution is 0.126. The van der Waals surface area contributed by atoms with E-state index in [2.05, 4.69) is 25.5 Å². The van der Waals surface area contributed by atoms with E-state index in [0.29, 0.717) is 43.1 Å². The quantitative estimate of drug-likeness (QED) is 0.427. The number of anilines is 1. The Morgan fingerprint density at radius 3 is 2.69 bits per heavy atom. The number of halogens is 1. The summed E-state index contributed by atoms with van der Waals surface area (Å²) in [6.07, 6.45) is 1.55. The maximum atomic E-state index is 13.6. The number of rotatable bonds is 6. The molecule has 0 spiro atoms. The number of aryl methyl sites for hydroxylation is 1. The Labute approximate surface area is 207 Å². The molecule has 9 nitrogen and oxygen atoms in total. The molecule has 0 saturated carbocycles. The molecule has 3 heterocycles. The first kappa shape index (κ1) is 23.4. The van der Waals surface area contributed by atoms with Gasteiger partial charge in [0, 0.05) is 18.4 Å². The molecule has 36 heavy (non-hydrogen) atoms. The number of nitrogens with one attached hydrogen (secondary N) is 1. The first-order valence-corrected chi connectivity index (χ1v) is 11.6. The summed E-state index contributed by atoms with van der Waals surface area (Å²) in [7, 11) is 1.36. The summed E-state index contributed by atoms with van der Waals surface area (Å²) >= 11 is 0. The molecule has 0 bridgehead atoms. The van der Waals surface area contributed by atoms with E-state index in [1.807, 2.05) is 31.2 Å². The number of nitrogens with zero attached hydrogens (tertiary/aromatic N) is 5. The summed E-state index contributed by atoms with van der Waals surface area (Å²) in [6, 6.07) is 13.9. The highest BCUT2D eigenvalue weighted by molar-refractivity contribution is 5.96. The number of carbonyl (C=O) groups excluding carboxylic acids is 1. The zero-order valence-electron chi connectivity index (χ0n) is 19.9. The van der Waals surface area contributed by atoms with Crippen LogP contribution in [-0.4, -0.2) is 57.5 Å². The largest absolute Gasteiger partial charge is 0.486 e. The second kappa shape index (κ2) is 10.1. The summed E-state index contributed by atoms with van der Waals surface area (Å²) in [5, 5.41) is 12.4. The van der Waals surface area contributed by atoms with E-state index < -0.39 is 0 Å². The first-order chi connectivity index (χ1) is 17.5. The van der Waals surface area contributed by atoms with Gasteiger partial charge in [-0.3, -0.25) is 0 Å². The fourth-order valence-electron chi connectivity index (χ4n) is 4.17. The Hall–Kier alpha value is -4.34. The molecular weight excluding hydrogens is 463 g/mol. The lowest BCUT2D eigenvalue weighted by Gasteiger charge is -2.18. The van der Waals surface area contributed by atoms with Crippen LogP contribution in [-0.2, 0) is 11.3 Å². The van der Waals surface area contributed by atoms with Crippen LogP contribution in [0.15, 0.2) is 54.9 Å². The lowest BCUT2D eigenvalue weighted by atomic mass is 10.0. The van der Waals surface area contributed by atoms with Crippen molar-refractivity contribution in [2.45, 2.75) is 26.0 Å². The number of carbonyl (C=O) groups is 1. The molecule has 10 heteroatoms. The third-order valence-corrected chi connectivity index (χ3v) is 6.04. The minimum absolute atomic E-state index is 0.218. The smallest absolute Gasteiger partial charge is 0.409 e. The third kappa shape index (κ3) is 5.02. The number of methoxy groups -OCH3 is 1. The van der Waals surface area contributed by atoms with Gasteiger partial charge >= 0.3 is 6.09 Å². The fraction of sp³-hybridized carbons (Fsp3) is 0.269. The monoisotopic (exact) mass is 488 g/mol. The number of fused-ring (bicyclic) bond motifs is 1. The molecule has 0 radical (unpaired) electrons. The van der Waals surface area contributed by atoms with Gasteiger partial charge in [0.05, 0.1) is 31.6 Å². The summed E-state index contributed by atoms with van der Waals surface area (Å²) in [4.78, 5) is 22.5. The minimum atomic E-state index is -0.376. The second-order valence-corrected chi connectivity index (χ2v) is 8.56. The molecule has 0 aliphatic carbocycles. The Morgan fingerprint density at radius 1 is 1.11 bits per heavy atom. The molecule has 2 aromatic heterocycles. The summed E-state index contributed by atoms with van der Waals surface area (Å²) < 4.78 is 24.8. The van der Waals surface area contributed by atoms with Crippen LogP contribution in [0.5, 0.6) is 5.75 Å². The van der Waals surface area contributed by atoms with Crippen LogP contribution in [0, 0.1) is 12.7 Å². The second-order valence-electron chi connectivity index (χ2n) is 8.56. The van der Waals surface area contributed by atoms with Crippen molar-refractivity contribution in [3.8, 4) is 16.9 Å². The van der Waals surface area contributed by atoms with Gasteiger partial charge in [-0.05, 0) is 54.4 Å². The number of amides is 1. The Kier molecular flexibility index (Phi) is 6.57. The lowest BCUT2D eigenvalue weighted by Crippen LogP contribution is -2.30. The van der Waals surface area contributed by atoms with Gasteiger partial charge in [-0.15, -0.1) is 0 Å². The van der Waals surface area contributed by atoms with Gasteiger partial charge in [0.1, 0.15) is 35.3 Å². The van der Waals surface area contributed by atoms with Gasteiger partial charge in [0.15, 0.2) is 0 Å². The molecule has 1 amide bonds. The van der Waals surface area contributed by atoms with E-state index in [1.165, 1.54) is 25.6 Å².